The monoisotopic (exact) mass is 548 g/mol. The molecule has 0 saturated carbocycles. The number of benzene rings is 2. The van der Waals surface area contributed by atoms with E-state index in [1.54, 1.807) is 36.9 Å². The zero-order valence-electron chi connectivity index (χ0n) is 19.9. The number of halogens is 2. The maximum absolute atomic E-state index is 6.74. The number of hydrogen-bond acceptors (Lipinski definition) is 8. The van der Waals surface area contributed by atoms with E-state index in [2.05, 4.69) is 27.2 Å². The molecule has 0 atom stereocenters. The molecule has 0 aliphatic carbocycles. The Bertz CT molecular complexity index is 1470. The summed E-state index contributed by atoms with van der Waals surface area (Å²) in [6.07, 6.45) is 7.62. The van der Waals surface area contributed by atoms with E-state index in [-0.39, 0.29) is 0 Å². The van der Waals surface area contributed by atoms with Crippen molar-refractivity contribution in [3.8, 4) is 39.1 Å². The van der Waals surface area contributed by atoms with Gasteiger partial charge in [-0.15, -0.1) is 0 Å². The third-order valence-corrected chi connectivity index (χ3v) is 6.90. The number of rotatable bonds is 9. The zero-order valence-corrected chi connectivity index (χ0v) is 22.2. The van der Waals surface area contributed by atoms with Crippen LogP contribution in [0.3, 0.4) is 0 Å². The SMILES string of the molecule is CCCNc1ncc(-c2cc(-c3c(Cl)cc(OCc4ccccc4)cc3Cl)nc(-c3cnccn3)n2)s1. The summed E-state index contributed by atoms with van der Waals surface area (Å²) in [5.74, 6) is 0.980. The lowest BCUT2D eigenvalue weighted by Crippen LogP contribution is -1.99. The summed E-state index contributed by atoms with van der Waals surface area (Å²) >= 11 is 15.0. The minimum absolute atomic E-state index is 0.404. The Morgan fingerprint density at radius 2 is 1.68 bits per heavy atom. The van der Waals surface area contributed by atoms with Gasteiger partial charge in [-0.1, -0.05) is 71.8 Å². The Labute approximate surface area is 228 Å². The molecule has 0 bridgehead atoms. The van der Waals surface area contributed by atoms with Gasteiger partial charge in [0.2, 0.25) is 0 Å². The number of ether oxygens (including phenoxy) is 1. The summed E-state index contributed by atoms with van der Waals surface area (Å²) in [7, 11) is 0. The van der Waals surface area contributed by atoms with Gasteiger partial charge in [0.25, 0.3) is 0 Å². The summed E-state index contributed by atoms with van der Waals surface area (Å²) in [6, 6.07) is 15.2. The first-order chi connectivity index (χ1) is 18.1. The lowest BCUT2D eigenvalue weighted by atomic mass is 10.1. The molecular formula is C27H22Cl2N6OS. The third-order valence-electron chi connectivity index (χ3n) is 5.32. The van der Waals surface area contributed by atoms with Gasteiger partial charge in [-0.25, -0.2) is 19.9 Å². The molecule has 1 N–H and O–H groups in total. The summed E-state index contributed by atoms with van der Waals surface area (Å²) in [5, 5.41) is 4.97. The van der Waals surface area contributed by atoms with Crippen LogP contribution < -0.4 is 10.1 Å². The van der Waals surface area contributed by atoms with E-state index in [0.29, 0.717) is 50.9 Å². The van der Waals surface area contributed by atoms with Crippen molar-refractivity contribution >= 4 is 39.7 Å². The van der Waals surface area contributed by atoms with E-state index in [0.717, 1.165) is 28.5 Å². The molecule has 3 aromatic heterocycles. The molecule has 37 heavy (non-hydrogen) atoms. The van der Waals surface area contributed by atoms with Gasteiger partial charge < -0.3 is 10.1 Å². The van der Waals surface area contributed by atoms with Crippen molar-refractivity contribution in [3.63, 3.8) is 0 Å². The van der Waals surface area contributed by atoms with Gasteiger partial charge in [-0.2, -0.15) is 0 Å². The smallest absolute Gasteiger partial charge is 0.183 e. The third kappa shape index (κ3) is 6.05. The number of nitrogens with zero attached hydrogens (tertiary/aromatic N) is 5. The molecule has 0 radical (unpaired) electrons. The predicted octanol–water partition coefficient (Wildman–Crippen LogP) is 7.43. The van der Waals surface area contributed by atoms with Crippen LogP contribution in [-0.2, 0) is 6.61 Å². The van der Waals surface area contributed by atoms with Crippen LogP contribution in [0.1, 0.15) is 18.9 Å². The summed E-state index contributed by atoms with van der Waals surface area (Å²) < 4.78 is 5.93. The summed E-state index contributed by atoms with van der Waals surface area (Å²) in [4.78, 5) is 23.4. The maximum Gasteiger partial charge on any atom is 0.183 e. The fraction of sp³-hybridized carbons (Fsp3) is 0.148. The molecule has 5 rings (SSSR count). The number of hydrogen-bond donors (Lipinski definition) is 1. The molecule has 2 aromatic carbocycles. The molecule has 0 aliphatic rings. The van der Waals surface area contributed by atoms with Gasteiger partial charge in [0.1, 0.15) is 18.1 Å². The average molecular weight is 549 g/mol. The standard InChI is InChI=1S/C27H22Cl2N6OS/c1-2-8-32-27-33-15-24(37-27)21-13-22(35-26(34-21)23-14-30-9-10-31-23)25-19(28)11-18(12-20(25)29)36-16-17-6-4-3-5-7-17/h3-7,9-15H,2,8,16H2,1H3,(H,32,33). The van der Waals surface area contributed by atoms with Crippen molar-refractivity contribution in [2.24, 2.45) is 0 Å². The minimum Gasteiger partial charge on any atom is -0.489 e. The molecule has 0 spiro atoms. The van der Waals surface area contributed by atoms with Crippen LogP contribution in [0.2, 0.25) is 10.0 Å². The molecule has 3 heterocycles. The minimum atomic E-state index is 0.404. The fourth-order valence-electron chi connectivity index (χ4n) is 3.56. The van der Waals surface area contributed by atoms with Gasteiger partial charge in [0, 0.05) is 30.7 Å². The molecule has 5 aromatic rings. The van der Waals surface area contributed by atoms with Crippen LogP contribution in [0.4, 0.5) is 5.13 Å². The fourth-order valence-corrected chi connectivity index (χ4v) is 5.02. The number of thiazole rings is 1. The summed E-state index contributed by atoms with van der Waals surface area (Å²) in [5.41, 5.74) is 3.41. The van der Waals surface area contributed by atoms with Gasteiger partial charge in [-0.05, 0) is 30.2 Å². The molecule has 0 aliphatic heterocycles. The highest BCUT2D eigenvalue weighted by molar-refractivity contribution is 7.18. The molecule has 10 heteroatoms. The van der Waals surface area contributed by atoms with Crippen LogP contribution in [-0.4, -0.2) is 31.5 Å². The Hall–Kier alpha value is -3.59. The highest BCUT2D eigenvalue weighted by Gasteiger charge is 2.18. The van der Waals surface area contributed by atoms with E-state index in [9.17, 15) is 0 Å². The van der Waals surface area contributed by atoms with Crippen molar-refractivity contribution in [2.75, 3.05) is 11.9 Å². The first-order valence-electron chi connectivity index (χ1n) is 11.6. The number of aromatic nitrogens is 5. The average Bonchev–Trinajstić information content (AvgIpc) is 3.40. The molecule has 186 valence electrons. The van der Waals surface area contributed by atoms with Crippen LogP contribution in [0.15, 0.2) is 73.3 Å². The summed E-state index contributed by atoms with van der Waals surface area (Å²) in [6.45, 7) is 3.36. The molecule has 0 amide bonds. The molecule has 7 nitrogen and oxygen atoms in total. The van der Waals surface area contributed by atoms with Crippen molar-refractivity contribution in [2.45, 2.75) is 20.0 Å². The second kappa shape index (κ2) is 11.6. The first-order valence-corrected chi connectivity index (χ1v) is 13.2. The lowest BCUT2D eigenvalue weighted by molar-refractivity contribution is 0.306. The molecule has 0 saturated heterocycles. The Morgan fingerprint density at radius 3 is 2.41 bits per heavy atom. The quantitative estimate of drug-likeness (QED) is 0.205. The number of nitrogens with one attached hydrogen (secondary N) is 1. The Balaban J connectivity index is 1.53. The normalized spacial score (nSPS) is 10.9. The van der Waals surface area contributed by atoms with Crippen LogP contribution in [0.25, 0.3) is 33.3 Å². The van der Waals surface area contributed by atoms with E-state index in [4.69, 9.17) is 37.9 Å². The van der Waals surface area contributed by atoms with Crippen molar-refractivity contribution < 1.29 is 4.74 Å². The maximum atomic E-state index is 6.74. The van der Waals surface area contributed by atoms with Gasteiger partial charge in [0.15, 0.2) is 11.0 Å². The van der Waals surface area contributed by atoms with E-state index >= 15 is 0 Å². The van der Waals surface area contributed by atoms with Crippen LogP contribution >= 0.6 is 34.5 Å². The van der Waals surface area contributed by atoms with E-state index in [1.807, 2.05) is 36.4 Å². The largest absolute Gasteiger partial charge is 0.489 e. The topological polar surface area (TPSA) is 85.7 Å². The van der Waals surface area contributed by atoms with Gasteiger partial charge in [-0.3, -0.25) is 4.98 Å². The Kier molecular flexibility index (Phi) is 7.89. The zero-order chi connectivity index (χ0) is 25.6. The van der Waals surface area contributed by atoms with Crippen LogP contribution in [0.5, 0.6) is 5.75 Å². The number of anilines is 1. The van der Waals surface area contributed by atoms with Gasteiger partial charge in [0.05, 0.1) is 32.5 Å². The highest BCUT2D eigenvalue weighted by atomic mass is 35.5. The molecular weight excluding hydrogens is 527 g/mol. The first kappa shape index (κ1) is 25.1. The lowest BCUT2D eigenvalue weighted by Gasteiger charge is -2.13. The van der Waals surface area contributed by atoms with E-state index in [1.165, 1.54) is 11.3 Å². The van der Waals surface area contributed by atoms with Crippen molar-refractivity contribution in [1.82, 2.24) is 24.9 Å². The highest BCUT2D eigenvalue weighted by Crippen LogP contribution is 2.40. The second-order valence-electron chi connectivity index (χ2n) is 8.05. The second-order valence-corrected chi connectivity index (χ2v) is 9.89. The molecule has 0 unspecified atom stereocenters. The Morgan fingerprint density at radius 1 is 0.892 bits per heavy atom. The predicted molar refractivity (Wildman–Crippen MR) is 149 cm³/mol. The van der Waals surface area contributed by atoms with Crippen molar-refractivity contribution in [1.29, 1.82) is 0 Å². The van der Waals surface area contributed by atoms with Crippen LogP contribution in [0, 0.1) is 0 Å². The van der Waals surface area contributed by atoms with Gasteiger partial charge >= 0.3 is 0 Å². The van der Waals surface area contributed by atoms with E-state index < -0.39 is 0 Å². The van der Waals surface area contributed by atoms with Crippen molar-refractivity contribution in [3.05, 3.63) is 88.9 Å². The molecule has 0 fully saturated rings.